The molecule has 0 aliphatic heterocycles. The van der Waals surface area contributed by atoms with Gasteiger partial charge in [-0.3, -0.25) is 4.79 Å². The monoisotopic (exact) mass is 488 g/mol. The molecule has 8 heteroatoms. The van der Waals surface area contributed by atoms with Gasteiger partial charge in [-0.2, -0.15) is 5.10 Å². The van der Waals surface area contributed by atoms with Gasteiger partial charge in [-0.15, -0.1) is 0 Å². The fourth-order valence-electron chi connectivity index (χ4n) is 4.05. The lowest BCUT2D eigenvalue weighted by Crippen LogP contribution is -2.34. The topological polar surface area (TPSA) is 68.6 Å². The Hall–Kier alpha value is -4.17. The van der Waals surface area contributed by atoms with E-state index in [0.717, 1.165) is 11.3 Å². The van der Waals surface area contributed by atoms with Crippen LogP contribution in [0.15, 0.2) is 79.0 Å². The molecule has 4 aromatic rings. The molecule has 1 N–H and O–H groups in total. The highest BCUT2D eigenvalue weighted by Gasteiger charge is 2.22. The van der Waals surface area contributed by atoms with Gasteiger partial charge in [-0.1, -0.05) is 30.3 Å². The van der Waals surface area contributed by atoms with E-state index in [-0.39, 0.29) is 24.3 Å². The number of aromatic nitrogens is 2. The van der Waals surface area contributed by atoms with Gasteiger partial charge in [0.1, 0.15) is 11.5 Å². The Morgan fingerprint density at radius 2 is 1.75 bits per heavy atom. The van der Waals surface area contributed by atoms with Crippen molar-refractivity contribution in [1.82, 2.24) is 20.0 Å². The Morgan fingerprint density at radius 1 is 1.00 bits per heavy atom. The molecule has 0 saturated heterocycles. The lowest BCUT2D eigenvalue weighted by molar-refractivity contribution is 0.0942. The van der Waals surface area contributed by atoms with Crippen molar-refractivity contribution in [1.29, 1.82) is 0 Å². The van der Waals surface area contributed by atoms with Crippen LogP contribution < -0.4 is 14.8 Å². The number of ether oxygens (including phenoxy) is 2. The van der Waals surface area contributed by atoms with Crippen molar-refractivity contribution in [3.8, 4) is 28.4 Å². The Bertz CT molecular complexity index is 1340. The Morgan fingerprint density at radius 3 is 2.42 bits per heavy atom. The number of halogens is 1. The molecule has 7 nitrogen and oxygen atoms in total. The highest BCUT2D eigenvalue weighted by atomic mass is 19.1. The first kappa shape index (κ1) is 24.9. The number of hydrogen-bond acceptors (Lipinski definition) is 5. The molecule has 3 aromatic carbocycles. The Balaban J connectivity index is 1.69. The zero-order valence-electron chi connectivity index (χ0n) is 20.7. The molecule has 0 spiro atoms. The fraction of sp³-hybridized carbons (Fsp3) is 0.214. The summed E-state index contributed by atoms with van der Waals surface area (Å²) in [6.45, 7) is 0.289. The third kappa shape index (κ3) is 5.39. The summed E-state index contributed by atoms with van der Waals surface area (Å²) < 4.78 is 26.3. The first-order valence-corrected chi connectivity index (χ1v) is 11.5. The Labute approximate surface area is 210 Å². The summed E-state index contributed by atoms with van der Waals surface area (Å²) in [6.07, 6.45) is 1.71. The molecule has 1 heterocycles. The summed E-state index contributed by atoms with van der Waals surface area (Å²) in [5.41, 5.74) is 3.22. The molecule has 0 bridgehead atoms. The molecular formula is C28H29FN4O3. The molecule has 0 radical (unpaired) electrons. The lowest BCUT2D eigenvalue weighted by Gasteiger charge is -2.25. The normalized spacial score (nSPS) is 11.8. The van der Waals surface area contributed by atoms with E-state index in [0.29, 0.717) is 28.3 Å². The van der Waals surface area contributed by atoms with E-state index in [1.54, 1.807) is 43.3 Å². The molecule has 1 atom stereocenters. The number of likely N-dealkylation sites (N-methyl/N-ethyl adjacent to an activating group) is 1. The molecule has 36 heavy (non-hydrogen) atoms. The summed E-state index contributed by atoms with van der Waals surface area (Å²) in [5, 5.41) is 7.75. The number of para-hydroxylation sites is 1. The minimum absolute atomic E-state index is 0.210. The number of rotatable bonds is 9. The van der Waals surface area contributed by atoms with Crippen molar-refractivity contribution >= 4 is 5.91 Å². The summed E-state index contributed by atoms with van der Waals surface area (Å²) in [4.78, 5) is 15.4. The van der Waals surface area contributed by atoms with Gasteiger partial charge in [0.15, 0.2) is 11.5 Å². The third-order valence-electron chi connectivity index (χ3n) is 5.95. The van der Waals surface area contributed by atoms with Crippen LogP contribution in [0.4, 0.5) is 4.39 Å². The second-order valence-corrected chi connectivity index (χ2v) is 8.49. The molecule has 4 rings (SSSR count). The van der Waals surface area contributed by atoms with Gasteiger partial charge in [-0.05, 0) is 62.1 Å². The van der Waals surface area contributed by atoms with E-state index in [9.17, 15) is 9.18 Å². The van der Waals surface area contributed by atoms with Gasteiger partial charge in [0.25, 0.3) is 5.91 Å². The first-order chi connectivity index (χ1) is 17.4. The summed E-state index contributed by atoms with van der Waals surface area (Å²) >= 11 is 0. The highest BCUT2D eigenvalue weighted by molar-refractivity contribution is 6.00. The number of nitrogens with one attached hydrogen (secondary N) is 1. The Kier molecular flexibility index (Phi) is 7.65. The van der Waals surface area contributed by atoms with Crippen LogP contribution >= 0.6 is 0 Å². The van der Waals surface area contributed by atoms with Crippen molar-refractivity contribution in [2.75, 3.05) is 34.9 Å². The van der Waals surface area contributed by atoms with Crippen LogP contribution in [0.5, 0.6) is 11.5 Å². The van der Waals surface area contributed by atoms with Crippen LogP contribution in [0.1, 0.15) is 22.0 Å². The van der Waals surface area contributed by atoms with E-state index in [1.165, 1.54) is 12.1 Å². The van der Waals surface area contributed by atoms with Crippen molar-refractivity contribution in [2.45, 2.75) is 6.04 Å². The minimum Gasteiger partial charge on any atom is -0.493 e. The number of benzene rings is 3. The number of nitrogens with zero attached hydrogens (tertiary/aromatic N) is 3. The van der Waals surface area contributed by atoms with Crippen LogP contribution in [0, 0.1) is 5.82 Å². The van der Waals surface area contributed by atoms with E-state index < -0.39 is 0 Å². The molecule has 0 saturated carbocycles. The summed E-state index contributed by atoms with van der Waals surface area (Å²) in [7, 11) is 6.92. The predicted octanol–water partition coefficient (Wildman–Crippen LogP) is 4.73. The highest BCUT2D eigenvalue weighted by Crippen LogP contribution is 2.33. The van der Waals surface area contributed by atoms with Gasteiger partial charge < -0.3 is 19.7 Å². The molecular weight excluding hydrogens is 459 g/mol. The van der Waals surface area contributed by atoms with Crippen LogP contribution in [0.2, 0.25) is 0 Å². The van der Waals surface area contributed by atoms with E-state index in [2.05, 4.69) is 5.32 Å². The molecule has 0 aliphatic carbocycles. The van der Waals surface area contributed by atoms with E-state index >= 15 is 0 Å². The van der Waals surface area contributed by atoms with Crippen molar-refractivity contribution in [2.24, 2.45) is 0 Å². The fourth-order valence-corrected chi connectivity index (χ4v) is 4.05. The molecule has 186 valence electrons. The SMILES string of the molecule is COc1ccc(-c2nn(-c3ccccc3)cc2C(=O)NCC(c2cccc(F)c2)N(C)C)cc1OC. The van der Waals surface area contributed by atoms with Gasteiger partial charge in [0, 0.05) is 18.3 Å². The maximum Gasteiger partial charge on any atom is 0.255 e. The van der Waals surface area contributed by atoms with Crippen LogP contribution in [0.3, 0.4) is 0 Å². The number of methoxy groups -OCH3 is 2. The van der Waals surface area contributed by atoms with Gasteiger partial charge in [0.05, 0.1) is 31.5 Å². The van der Waals surface area contributed by atoms with E-state index in [1.807, 2.05) is 61.5 Å². The molecule has 0 fully saturated rings. The second-order valence-electron chi connectivity index (χ2n) is 8.49. The first-order valence-electron chi connectivity index (χ1n) is 11.5. The van der Waals surface area contributed by atoms with Crippen LogP contribution in [-0.4, -0.2) is 55.4 Å². The smallest absolute Gasteiger partial charge is 0.255 e. The van der Waals surface area contributed by atoms with Gasteiger partial charge in [0.2, 0.25) is 0 Å². The zero-order chi connectivity index (χ0) is 25.7. The van der Waals surface area contributed by atoms with Gasteiger partial charge in [-0.25, -0.2) is 9.07 Å². The average molecular weight is 489 g/mol. The molecule has 1 amide bonds. The quantitative estimate of drug-likeness (QED) is 0.369. The van der Waals surface area contributed by atoms with Crippen LogP contribution in [-0.2, 0) is 0 Å². The zero-order valence-corrected chi connectivity index (χ0v) is 20.7. The minimum atomic E-state index is -0.314. The maximum atomic E-state index is 13.8. The van der Waals surface area contributed by atoms with Crippen molar-refractivity contribution in [3.63, 3.8) is 0 Å². The number of carbonyl (C=O) groups excluding carboxylic acids is 1. The second kappa shape index (κ2) is 11.0. The maximum absolute atomic E-state index is 13.8. The van der Waals surface area contributed by atoms with Gasteiger partial charge >= 0.3 is 0 Å². The number of hydrogen-bond donors (Lipinski definition) is 1. The molecule has 0 aliphatic rings. The molecule has 1 unspecified atom stereocenters. The van der Waals surface area contributed by atoms with Crippen molar-refractivity contribution < 1.29 is 18.7 Å². The largest absolute Gasteiger partial charge is 0.493 e. The summed E-state index contributed by atoms with van der Waals surface area (Å²) in [5.74, 6) is 0.517. The average Bonchev–Trinajstić information content (AvgIpc) is 3.34. The molecule has 1 aromatic heterocycles. The number of amides is 1. The third-order valence-corrected chi connectivity index (χ3v) is 5.95. The standard InChI is InChI=1S/C28H29FN4O3/c1-32(2)24(19-9-8-10-21(29)15-19)17-30-28(34)23-18-33(22-11-6-5-7-12-22)31-27(23)20-13-14-25(35-3)26(16-20)36-4/h5-16,18,24H,17H2,1-4H3,(H,30,34). The van der Waals surface area contributed by atoms with E-state index in [4.69, 9.17) is 14.6 Å². The van der Waals surface area contributed by atoms with Crippen molar-refractivity contribution in [3.05, 3.63) is 95.9 Å². The van der Waals surface area contributed by atoms with Crippen LogP contribution in [0.25, 0.3) is 16.9 Å². The summed E-state index contributed by atoms with van der Waals surface area (Å²) in [6, 6.07) is 21.2. The lowest BCUT2D eigenvalue weighted by atomic mass is 10.0. The predicted molar refractivity (Wildman–Crippen MR) is 137 cm³/mol. The number of carbonyl (C=O) groups is 1.